The highest BCUT2D eigenvalue weighted by Crippen LogP contribution is 2.34. The smallest absolute Gasteiger partial charge is 0.185 e. The van der Waals surface area contributed by atoms with Gasteiger partial charge in [0.2, 0.25) is 0 Å². The molecule has 0 aliphatic carbocycles. The maximum absolute atomic E-state index is 5.81. The van der Waals surface area contributed by atoms with E-state index in [1.807, 2.05) is 0 Å². The van der Waals surface area contributed by atoms with Crippen LogP contribution in [-0.4, -0.2) is 18.1 Å². The molecule has 1 fully saturated rings. The van der Waals surface area contributed by atoms with Crippen molar-refractivity contribution in [2.24, 2.45) is 17.6 Å². The van der Waals surface area contributed by atoms with Gasteiger partial charge >= 0.3 is 0 Å². The first-order valence-electron chi connectivity index (χ1n) is 6.47. The molecule has 2 unspecified atom stereocenters. The van der Waals surface area contributed by atoms with E-state index in [9.17, 15) is 0 Å². The van der Waals surface area contributed by atoms with E-state index < -0.39 is 0 Å². The van der Waals surface area contributed by atoms with Gasteiger partial charge in [0.05, 0.1) is 5.69 Å². The Kier molecular flexibility index (Phi) is 3.73. The zero-order valence-electron chi connectivity index (χ0n) is 11.2. The second kappa shape index (κ2) is 4.94. The summed E-state index contributed by atoms with van der Waals surface area (Å²) < 4.78 is 0. The van der Waals surface area contributed by atoms with E-state index in [1.165, 1.54) is 15.7 Å². The molecule has 96 valence electrons. The second-order valence-electron chi connectivity index (χ2n) is 5.52. The molecule has 2 N–H and O–H groups in total. The normalized spacial score (nSPS) is 24.9. The first-order valence-corrected chi connectivity index (χ1v) is 7.29. The highest BCUT2D eigenvalue weighted by molar-refractivity contribution is 7.15. The number of hydrogen-bond acceptors (Lipinski definition) is 4. The van der Waals surface area contributed by atoms with Gasteiger partial charge in [-0.2, -0.15) is 0 Å². The Balaban J connectivity index is 2.22. The number of anilines is 1. The lowest BCUT2D eigenvalue weighted by Crippen LogP contribution is -2.19. The molecule has 0 saturated carbocycles. The van der Waals surface area contributed by atoms with E-state index >= 15 is 0 Å². The first kappa shape index (κ1) is 12.8. The SMILES string of the molecule is CC(C)c1nc(N2CC(C)C(C)C2)sc1CN. The summed E-state index contributed by atoms with van der Waals surface area (Å²) in [6, 6.07) is 0. The molecule has 0 spiro atoms. The minimum absolute atomic E-state index is 0.469. The minimum atomic E-state index is 0.469. The fourth-order valence-electron chi connectivity index (χ4n) is 2.37. The maximum atomic E-state index is 5.81. The molecule has 0 radical (unpaired) electrons. The lowest BCUT2D eigenvalue weighted by molar-refractivity contribution is 0.494. The van der Waals surface area contributed by atoms with Crippen molar-refractivity contribution in [1.29, 1.82) is 0 Å². The van der Waals surface area contributed by atoms with E-state index in [1.54, 1.807) is 11.3 Å². The number of aromatic nitrogens is 1. The van der Waals surface area contributed by atoms with Crippen LogP contribution in [0.3, 0.4) is 0 Å². The molecule has 2 rings (SSSR count). The van der Waals surface area contributed by atoms with E-state index in [-0.39, 0.29) is 0 Å². The summed E-state index contributed by atoms with van der Waals surface area (Å²) in [7, 11) is 0. The summed E-state index contributed by atoms with van der Waals surface area (Å²) >= 11 is 1.78. The van der Waals surface area contributed by atoms with Crippen LogP contribution in [0.2, 0.25) is 0 Å². The maximum Gasteiger partial charge on any atom is 0.185 e. The Morgan fingerprint density at radius 2 is 1.94 bits per heavy atom. The van der Waals surface area contributed by atoms with E-state index in [0.29, 0.717) is 12.5 Å². The zero-order chi connectivity index (χ0) is 12.6. The molecule has 1 aliphatic heterocycles. The topological polar surface area (TPSA) is 42.2 Å². The molecular weight excluding hydrogens is 230 g/mol. The van der Waals surface area contributed by atoms with Crippen LogP contribution in [0.15, 0.2) is 0 Å². The van der Waals surface area contributed by atoms with Gasteiger partial charge in [-0.25, -0.2) is 4.98 Å². The van der Waals surface area contributed by atoms with Gasteiger partial charge in [0.1, 0.15) is 0 Å². The number of nitrogens with two attached hydrogens (primary N) is 1. The van der Waals surface area contributed by atoms with Crippen LogP contribution in [0.1, 0.15) is 44.2 Å². The van der Waals surface area contributed by atoms with E-state index in [0.717, 1.165) is 24.9 Å². The van der Waals surface area contributed by atoms with Crippen molar-refractivity contribution < 1.29 is 0 Å². The van der Waals surface area contributed by atoms with Crippen LogP contribution in [0.5, 0.6) is 0 Å². The fraction of sp³-hybridized carbons (Fsp3) is 0.769. The molecule has 1 aromatic heterocycles. The standard InChI is InChI=1S/C13H23N3S/c1-8(2)12-11(5-14)17-13(15-12)16-6-9(3)10(4)7-16/h8-10H,5-7,14H2,1-4H3. The van der Waals surface area contributed by atoms with Crippen LogP contribution >= 0.6 is 11.3 Å². The fourth-order valence-corrected chi connectivity index (χ4v) is 3.48. The number of hydrogen-bond donors (Lipinski definition) is 1. The molecule has 3 nitrogen and oxygen atoms in total. The Hall–Kier alpha value is -0.610. The minimum Gasteiger partial charge on any atom is -0.348 e. The molecule has 17 heavy (non-hydrogen) atoms. The van der Waals surface area contributed by atoms with Crippen LogP contribution in [0.4, 0.5) is 5.13 Å². The molecule has 0 aromatic carbocycles. The summed E-state index contributed by atoms with van der Waals surface area (Å²) in [5, 5.41) is 1.17. The molecule has 2 atom stereocenters. The van der Waals surface area contributed by atoms with Gasteiger partial charge in [0.15, 0.2) is 5.13 Å². The third-order valence-electron chi connectivity index (χ3n) is 3.71. The van der Waals surface area contributed by atoms with Gasteiger partial charge in [-0.1, -0.05) is 27.7 Å². The van der Waals surface area contributed by atoms with Crippen molar-refractivity contribution in [3.05, 3.63) is 10.6 Å². The van der Waals surface area contributed by atoms with Crippen LogP contribution < -0.4 is 10.6 Å². The molecule has 1 aliphatic rings. The summed E-state index contributed by atoms with van der Waals surface area (Å²) in [6.45, 7) is 11.9. The second-order valence-corrected chi connectivity index (χ2v) is 6.59. The van der Waals surface area contributed by atoms with Gasteiger partial charge in [-0.3, -0.25) is 0 Å². The number of rotatable bonds is 3. The Bertz CT molecular complexity index is 376. The van der Waals surface area contributed by atoms with Crippen molar-refractivity contribution in [2.75, 3.05) is 18.0 Å². The average molecular weight is 253 g/mol. The van der Waals surface area contributed by atoms with Gasteiger partial charge in [-0.15, -0.1) is 11.3 Å². The quantitative estimate of drug-likeness (QED) is 0.900. The van der Waals surface area contributed by atoms with Crippen molar-refractivity contribution in [3.63, 3.8) is 0 Å². The average Bonchev–Trinajstić information content (AvgIpc) is 2.83. The highest BCUT2D eigenvalue weighted by atomic mass is 32.1. The molecule has 2 heterocycles. The zero-order valence-corrected chi connectivity index (χ0v) is 12.0. The van der Waals surface area contributed by atoms with E-state index in [2.05, 4.69) is 32.6 Å². The van der Waals surface area contributed by atoms with Crippen molar-refractivity contribution in [1.82, 2.24) is 4.98 Å². The van der Waals surface area contributed by atoms with Crippen molar-refractivity contribution in [3.8, 4) is 0 Å². The van der Waals surface area contributed by atoms with Gasteiger partial charge in [0.25, 0.3) is 0 Å². The number of nitrogens with zero attached hydrogens (tertiary/aromatic N) is 2. The summed E-state index contributed by atoms with van der Waals surface area (Å²) in [5.41, 5.74) is 7.00. The lowest BCUT2D eigenvalue weighted by Gasteiger charge is -2.13. The molecule has 1 saturated heterocycles. The third kappa shape index (κ3) is 2.47. The Morgan fingerprint density at radius 3 is 2.35 bits per heavy atom. The highest BCUT2D eigenvalue weighted by Gasteiger charge is 2.28. The van der Waals surface area contributed by atoms with Crippen LogP contribution in [0, 0.1) is 11.8 Å². The van der Waals surface area contributed by atoms with Gasteiger partial charge in [-0.05, 0) is 17.8 Å². The predicted molar refractivity (Wildman–Crippen MR) is 74.6 cm³/mol. The first-order chi connectivity index (χ1) is 8.02. The predicted octanol–water partition coefficient (Wildman–Crippen LogP) is 2.82. The van der Waals surface area contributed by atoms with Crippen molar-refractivity contribution in [2.45, 2.75) is 40.2 Å². The van der Waals surface area contributed by atoms with Crippen LogP contribution in [-0.2, 0) is 6.54 Å². The Morgan fingerprint density at radius 1 is 1.35 bits per heavy atom. The molecule has 0 bridgehead atoms. The summed E-state index contributed by atoms with van der Waals surface area (Å²) in [6.07, 6.45) is 0. The van der Waals surface area contributed by atoms with Gasteiger partial charge < -0.3 is 10.6 Å². The Labute approximate surface area is 108 Å². The molecule has 4 heteroatoms. The van der Waals surface area contributed by atoms with Crippen LogP contribution in [0.25, 0.3) is 0 Å². The summed E-state index contributed by atoms with van der Waals surface area (Å²) in [5.74, 6) is 2.00. The van der Waals surface area contributed by atoms with Gasteiger partial charge in [0, 0.05) is 24.5 Å². The summed E-state index contributed by atoms with van der Waals surface area (Å²) in [4.78, 5) is 8.47. The number of thiazole rings is 1. The van der Waals surface area contributed by atoms with E-state index in [4.69, 9.17) is 10.7 Å². The monoisotopic (exact) mass is 253 g/mol. The molecule has 1 aromatic rings. The van der Waals surface area contributed by atoms with Crippen molar-refractivity contribution >= 4 is 16.5 Å². The third-order valence-corrected chi connectivity index (χ3v) is 4.86. The largest absolute Gasteiger partial charge is 0.348 e. The molecule has 0 amide bonds. The lowest BCUT2D eigenvalue weighted by atomic mass is 10.0. The molecular formula is C13H23N3S.